The van der Waals surface area contributed by atoms with E-state index >= 15 is 0 Å². The average molecular weight is 349 g/mol. The first kappa shape index (κ1) is 20.7. The average Bonchev–Trinajstić information content (AvgIpc) is 2.48. The third-order valence-electron chi connectivity index (χ3n) is 3.52. The molecule has 124 valence electrons. The van der Waals surface area contributed by atoms with Gasteiger partial charge in [0.25, 0.3) is 0 Å². The van der Waals surface area contributed by atoms with Gasteiger partial charge in [0.1, 0.15) is 0 Å². The van der Waals surface area contributed by atoms with Crippen LogP contribution in [0.15, 0.2) is 24.3 Å². The molecule has 0 saturated carbocycles. The molecule has 0 aromatic heterocycles. The maximum atomic E-state index is 12.2. The number of carbonyl (C=O) groups excluding carboxylic acids is 2. The van der Waals surface area contributed by atoms with Gasteiger partial charge in [-0.2, -0.15) is 0 Å². The van der Waals surface area contributed by atoms with Gasteiger partial charge < -0.3 is 16.4 Å². The van der Waals surface area contributed by atoms with E-state index in [1.165, 1.54) is 0 Å². The number of benzene rings is 1. The highest BCUT2D eigenvalue weighted by Gasteiger charge is 2.22. The number of halogens is 2. The third-order valence-corrected chi connectivity index (χ3v) is 3.52. The molecule has 8 heteroatoms. The lowest BCUT2D eigenvalue weighted by Gasteiger charge is -2.31. The van der Waals surface area contributed by atoms with Crippen molar-refractivity contribution in [2.45, 2.75) is 13.0 Å². The monoisotopic (exact) mass is 348 g/mol. The highest BCUT2D eigenvalue weighted by Crippen LogP contribution is 2.11. The van der Waals surface area contributed by atoms with Crippen molar-refractivity contribution in [3.8, 4) is 0 Å². The summed E-state index contributed by atoms with van der Waals surface area (Å²) in [7, 11) is 0. The molecular formula is C14H22Cl2N4O2. The Balaban J connectivity index is 0.00000220. The van der Waals surface area contributed by atoms with Crippen molar-refractivity contribution < 1.29 is 9.59 Å². The van der Waals surface area contributed by atoms with Crippen LogP contribution in [0.5, 0.6) is 0 Å². The van der Waals surface area contributed by atoms with Crippen molar-refractivity contribution in [2.24, 2.45) is 5.73 Å². The van der Waals surface area contributed by atoms with E-state index in [2.05, 4.69) is 15.5 Å². The summed E-state index contributed by atoms with van der Waals surface area (Å²) in [5.74, 6) is -0.518. The highest BCUT2D eigenvalue weighted by atomic mass is 35.5. The predicted molar refractivity (Wildman–Crippen MR) is 92.0 cm³/mol. The van der Waals surface area contributed by atoms with E-state index in [-0.39, 0.29) is 36.8 Å². The minimum atomic E-state index is -0.475. The molecule has 1 aliphatic heterocycles. The van der Waals surface area contributed by atoms with Crippen molar-refractivity contribution in [1.82, 2.24) is 10.2 Å². The SMILES string of the molecule is CC(C(=O)Nc1ccc(C(N)=O)cc1)N1CCNCC1.Cl.Cl. The maximum absolute atomic E-state index is 12.2. The molecule has 1 heterocycles. The van der Waals surface area contributed by atoms with Gasteiger partial charge in [-0.05, 0) is 31.2 Å². The fourth-order valence-electron chi connectivity index (χ4n) is 2.20. The lowest BCUT2D eigenvalue weighted by atomic mass is 10.2. The summed E-state index contributed by atoms with van der Waals surface area (Å²) in [5, 5.41) is 6.11. The molecule has 1 unspecified atom stereocenters. The summed E-state index contributed by atoms with van der Waals surface area (Å²) in [6, 6.07) is 6.40. The fraction of sp³-hybridized carbons (Fsp3) is 0.429. The van der Waals surface area contributed by atoms with Crippen LogP contribution in [-0.4, -0.2) is 48.9 Å². The normalized spacial score (nSPS) is 15.9. The van der Waals surface area contributed by atoms with Crippen molar-refractivity contribution in [2.75, 3.05) is 31.5 Å². The smallest absolute Gasteiger partial charge is 0.248 e. The van der Waals surface area contributed by atoms with Crippen molar-refractivity contribution in [3.05, 3.63) is 29.8 Å². The van der Waals surface area contributed by atoms with Crippen molar-refractivity contribution in [1.29, 1.82) is 0 Å². The topological polar surface area (TPSA) is 87.5 Å². The molecule has 2 amide bonds. The number of rotatable bonds is 4. The second-order valence-corrected chi connectivity index (χ2v) is 4.89. The first-order valence-electron chi connectivity index (χ1n) is 6.73. The maximum Gasteiger partial charge on any atom is 0.248 e. The molecule has 1 atom stereocenters. The molecule has 6 nitrogen and oxygen atoms in total. The zero-order chi connectivity index (χ0) is 14.5. The molecule has 0 spiro atoms. The Bertz CT molecular complexity index is 490. The molecule has 1 saturated heterocycles. The number of carbonyl (C=O) groups is 2. The Labute approximate surface area is 142 Å². The van der Waals surface area contributed by atoms with E-state index in [4.69, 9.17) is 5.73 Å². The molecule has 1 fully saturated rings. The molecule has 1 aromatic rings. The fourth-order valence-corrected chi connectivity index (χ4v) is 2.20. The van der Waals surface area contributed by atoms with Crippen LogP contribution in [0.25, 0.3) is 0 Å². The van der Waals surface area contributed by atoms with E-state index in [1.54, 1.807) is 24.3 Å². The number of piperazine rings is 1. The van der Waals surface area contributed by atoms with Crippen LogP contribution >= 0.6 is 24.8 Å². The number of hydrogen-bond donors (Lipinski definition) is 3. The minimum Gasteiger partial charge on any atom is -0.366 e. The number of hydrogen-bond acceptors (Lipinski definition) is 4. The van der Waals surface area contributed by atoms with Crippen LogP contribution in [-0.2, 0) is 4.79 Å². The van der Waals surface area contributed by atoms with E-state index in [9.17, 15) is 9.59 Å². The van der Waals surface area contributed by atoms with Crippen LogP contribution in [0, 0.1) is 0 Å². The number of nitrogens with one attached hydrogen (secondary N) is 2. The lowest BCUT2D eigenvalue weighted by molar-refractivity contribution is -0.120. The van der Waals surface area contributed by atoms with Crippen molar-refractivity contribution >= 4 is 42.3 Å². The van der Waals surface area contributed by atoms with Gasteiger partial charge in [0.05, 0.1) is 6.04 Å². The van der Waals surface area contributed by atoms with Gasteiger partial charge in [-0.1, -0.05) is 0 Å². The number of nitrogens with two attached hydrogens (primary N) is 1. The minimum absolute atomic E-state index is 0. The van der Waals surface area contributed by atoms with E-state index in [1.807, 2.05) is 6.92 Å². The summed E-state index contributed by atoms with van der Waals surface area (Å²) in [6.07, 6.45) is 0. The summed E-state index contributed by atoms with van der Waals surface area (Å²) in [6.45, 7) is 5.46. The molecule has 4 N–H and O–H groups in total. The van der Waals surface area contributed by atoms with Crippen LogP contribution in [0.3, 0.4) is 0 Å². The van der Waals surface area contributed by atoms with Crippen LogP contribution in [0.4, 0.5) is 5.69 Å². The number of anilines is 1. The van der Waals surface area contributed by atoms with Gasteiger partial charge >= 0.3 is 0 Å². The number of nitrogens with zero attached hydrogens (tertiary/aromatic N) is 1. The second-order valence-electron chi connectivity index (χ2n) is 4.89. The Morgan fingerprint density at radius 2 is 1.73 bits per heavy atom. The number of amides is 2. The quantitative estimate of drug-likeness (QED) is 0.753. The summed E-state index contributed by atoms with van der Waals surface area (Å²) in [4.78, 5) is 25.3. The van der Waals surface area contributed by atoms with E-state index < -0.39 is 5.91 Å². The first-order valence-corrected chi connectivity index (χ1v) is 6.73. The van der Waals surface area contributed by atoms with Crippen LogP contribution in [0.2, 0.25) is 0 Å². The van der Waals surface area contributed by atoms with Gasteiger partial charge in [0.15, 0.2) is 0 Å². The molecular weight excluding hydrogens is 327 g/mol. The largest absolute Gasteiger partial charge is 0.366 e. The van der Waals surface area contributed by atoms with Gasteiger partial charge in [0.2, 0.25) is 11.8 Å². The Kier molecular flexibility index (Phi) is 9.04. The number of primary amides is 1. The Hall–Kier alpha value is -1.34. The zero-order valence-electron chi connectivity index (χ0n) is 12.4. The van der Waals surface area contributed by atoms with Crippen molar-refractivity contribution in [3.63, 3.8) is 0 Å². The van der Waals surface area contributed by atoms with Gasteiger partial charge in [0, 0.05) is 37.4 Å². The van der Waals surface area contributed by atoms with E-state index in [0.717, 1.165) is 26.2 Å². The van der Waals surface area contributed by atoms with Gasteiger partial charge in [-0.15, -0.1) is 24.8 Å². The molecule has 0 bridgehead atoms. The van der Waals surface area contributed by atoms with Crippen LogP contribution < -0.4 is 16.4 Å². The molecule has 1 aliphatic rings. The molecule has 22 heavy (non-hydrogen) atoms. The Morgan fingerprint density at radius 1 is 1.18 bits per heavy atom. The standard InChI is InChI=1S/C14H20N4O2.2ClH/c1-10(18-8-6-16-7-9-18)14(20)17-12-4-2-11(3-5-12)13(15)19;;/h2-5,10,16H,6-9H2,1H3,(H2,15,19)(H,17,20);2*1H. The van der Waals surface area contributed by atoms with E-state index in [0.29, 0.717) is 11.3 Å². The van der Waals surface area contributed by atoms with Gasteiger partial charge in [-0.3, -0.25) is 14.5 Å². The second kappa shape index (κ2) is 9.63. The third kappa shape index (κ3) is 5.46. The summed E-state index contributed by atoms with van der Waals surface area (Å²) >= 11 is 0. The summed E-state index contributed by atoms with van der Waals surface area (Å²) < 4.78 is 0. The predicted octanol–water partition coefficient (Wildman–Crippen LogP) is 0.861. The summed E-state index contributed by atoms with van der Waals surface area (Å²) in [5.41, 5.74) is 6.27. The molecule has 0 radical (unpaired) electrons. The lowest BCUT2D eigenvalue weighted by Crippen LogP contribution is -2.51. The molecule has 0 aliphatic carbocycles. The molecule has 1 aromatic carbocycles. The van der Waals surface area contributed by atoms with Crippen LogP contribution in [0.1, 0.15) is 17.3 Å². The first-order chi connectivity index (χ1) is 9.58. The Morgan fingerprint density at radius 3 is 2.23 bits per heavy atom. The highest BCUT2D eigenvalue weighted by molar-refractivity contribution is 5.96. The zero-order valence-corrected chi connectivity index (χ0v) is 14.0. The molecule has 2 rings (SSSR count). The van der Waals surface area contributed by atoms with Gasteiger partial charge in [-0.25, -0.2) is 0 Å².